The highest BCUT2D eigenvalue weighted by Gasteiger charge is 2.05. The third-order valence-electron chi connectivity index (χ3n) is 2.02. The molecule has 0 radical (unpaired) electrons. The van der Waals surface area contributed by atoms with Crippen molar-refractivity contribution in [2.45, 2.75) is 5.75 Å². The standard InChI is InChI=1S/C11H14O4S3/c1-18(14,15)7-6-16-8-10-9(4-5-17-10)2-3-11(12)13/h2-5H,6-8H2,1H3,(H,12,13). The SMILES string of the molecule is CS(=O)(=O)CCSCc1sccc1C=CC(=O)O. The Morgan fingerprint density at radius 3 is 2.89 bits per heavy atom. The second-order valence-electron chi connectivity index (χ2n) is 3.65. The van der Waals surface area contributed by atoms with Crippen molar-refractivity contribution in [3.63, 3.8) is 0 Å². The van der Waals surface area contributed by atoms with Crippen molar-refractivity contribution < 1.29 is 18.3 Å². The molecule has 1 heterocycles. The van der Waals surface area contributed by atoms with Crippen LogP contribution in [0.4, 0.5) is 0 Å². The van der Waals surface area contributed by atoms with Crippen LogP contribution in [0, 0.1) is 0 Å². The molecule has 0 fully saturated rings. The van der Waals surface area contributed by atoms with E-state index in [-0.39, 0.29) is 5.75 Å². The molecule has 0 spiro atoms. The number of aliphatic carboxylic acids is 1. The fourth-order valence-electron chi connectivity index (χ4n) is 1.15. The highest BCUT2D eigenvalue weighted by Crippen LogP contribution is 2.23. The minimum Gasteiger partial charge on any atom is -0.478 e. The molecule has 1 aromatic rings. The Kier molecular flexibility index (Phi) is 5.90. The first kappa shape index (κ1) is 15.3. The zero-order valence-electron chi connectivity index (χ0n) is 9.83. The Hall–Kier alpha value is -0.790. The number of thiophene rings is 1. The molecule has 0 amide bonds. The van der Waals surface area contributed by atoms with Gasteiger partial charge in [0.15, 0.2) is 0 Å². The van der Waals surface area contributed by atoms with Crippen molar-refractivity contribution in [3.05, 3.63) is 28.0 Å². The number of carbonyl (C=O) groups is 1. The van der Waals surface area contributed by atoms with Gasteiger partial charge in [0.05, 0.1) is 5.75 Å². The molecule has 0 aliphatic rings. The van der Waals surface area contributed by atoms with Crippen LogP contribution in [0.1, 0.15) is 10.4 Å². The average molecular weight is 306 g/mol. The lowest BCUT2D eigenvalue weighted by Gasteiger charge is -2.00. The Morgan fingerprint density at radius 1 is 1.56 bits per heavy atom. The van der Waals surface area contributed by atoms with E-state index >= 15 is 0 Å². The Balaban J connectivity index is 2.48. The van der Waals surface area contributed by atoms with Gasteiger partial charge in [-0.2, -0.15) is 11.8 Å². The summed E-state index contributed by atoms with van der Waals surface area (Å²) in [5.41, 5.74) is 0.884. The van der Waals surface area contributed by atoms with Gasteiger partial charge in [-0.1, -0.05) is 0 Å². The van der Waals surface area contributed by atoms with Gasteiger partial charge in [-0.05, 0) is 23.1 Å². The van der Waals surface area contributed by atoms with E-state index in [2.05, 4.69) is 0 Å². The number of rotatable bonds is 7. The number of hydrogen-bond donors (Lipinski definition) is 1. The molecular formula is C11H14O4S3. The van der Waals surface area contributed by atoms with Gasteiger partial charge in [0.25, 0.3) is 0 Å². The van der Waals surface area contributed by atoms with Crippen molar-refractivity contribution in [2.75, 3.05) is 17.8 Å². The molecule has 0 saturated carbocycles. The van der Waals surface area contributed by atoms with Gasteiger partial charge < -0.3 is 5.11 Å². The third kappa shape index (κ3) is 6.23. The van der Waals surface area contributed by atoms with Gasteiger partial charge in [0, 0.05) is 28.7 Å². The molecule has 0 atom stereocenters. The number of carboxylic acid groups (broad SMARTS) is 1. The maximum absolute atomic E-state index is 10.9. The monoisotopic (exact) mass is 306 g/mol. The van der Waals surface area contributed by atoms with Crippen LogP contribution >= 0.6 is 23.1 Å². The first-order valence-corrected chi connectivity index (χ1v) is 9.21. The molecule has 100 valence electrons. The normalized spacial score (nSPS) is 12.1. The summed E-state index contributed by atoms with van der Waals surface area (Å²) in [5.74, 6) is 0.450. The van der Waals surface area contributed by atoms with E-state index in [0.29, 0.717) is 11.5 Å². The van der Waals surface area contributed by atoms with E-state index < -0.39 is 15.8 Å². The van der Waals surface area contributed by atoms with Crippen molar-refractivity contribution in [3.8, 4) is 0 Å². The molecule has 1 N–H and O–H groups in total. The molecule has 0 unspecified atom stereocenters. The Bertz CT molecular complexity index is 528. The highest BCUT2D eigenvalue weighted by molar-refractivity contribution is 8.00. The van der Waals surface area contributed by atoms with Crippen LogP contribution in [0.3, 0.4) is 0 Å². The molecule has 1 aromatic heterocycles. The zero-order valence-corrected chi connectivity index (χ0v) is 12.3. The summed E-state index contributed by atoms with van der Waals surface area (Å²) in [6, 6.07) is 1.86. The predicted octanol–water partition coefficient (Wildman–Crippen LogP) is 2.12. The summed E-state index contributed by atoms with van der Waals surface area (Å²) in [7, 11) is -2.91. The van der Waals surface area contributed by atoms with Gasteiger partial charge in [0.2, 0.25) is 0 Å². The smallest absolute Gasteiger partial charge is 0.328 e. The fraction of sp³-hybridized carbons (Fsp3) is 0.364. The van der Waals surface area contributed by atoms with Crippen LogP contribution in [-0.2, 0) is 20.4 Å². The van der Waals surface area contributed by atoms with Crippen LogP contribution in [-0.4, -0.2) is 37.3 Å². The van der Waals surface area contributed by atoms with Gasteiger partial charge >= 0.3 is 5.97 Å². The van der Waals surface area contributed by atoms with E-state index in [4.69, 9.17) is 5.11 Å². The van der Waals surface area contributed by atoms with E-state index in [0.717, 1.165) is 16.5 Å². The topological polar surface area (TPSA) is 71.4 Å². The lowest BCUT2D eigenvalue weighted by atomic mass is 10.2. The molecule has 0 bridgehead atoms. The Morgan fingerprint density at radius 2 is 2.28 bits per heavy atom. The number of thioether (sulfide) groups is 1. The van der Waals surface area contributed by atoms with Crippen molar-refractivity contribution in [1.29, 1.82) is 0 Å². The predicted molar refractivity (Wildman–Crippen MR) is 76.9 cm³/mol. The largest absolute Gasteiger partial charge is 0.478 e. The second kappa shape index (κ2) is 6.96. The van der Waals surface area contributed by atoms with Gasteiger partial charge in [0.1, 0.15) is 9.84 Å². The molecule has 7 heteroatoms. The second-order valence-corrected chi connectivity index (χ2v) is 8.02. The number of carboxylic acids is 1. The van der Waals surface area contributed by atoms with Crippen LogP contribution in [0.2, 0.25) is 0 Å². The first-order valence-electron chi connectivity index (χ1n) is 5.11. The number of hydrogen-bond acceptors (Lipinski definition) is 5. The maximum atomic E-state index is 10.9. The quantitative estimate of drug-likeness (QED) is 0.617. The summed E-state index contributed by atoms with van der Waals surface area (Å²) in [6.45, 7) is 0. The molecule has 0 aromatic carbocycles. The van der Waals surface area contributed by atoms with Gasteiger partial charge in [-0.15, -0.1) is 11.3 Å². The molecule has 4 nitrogen and oxygen atoms in total. The maximum Gasteiger partial charge on any atom is 0.328 e. The lowest BCUT2D eigenvalue weighted by molar-refractivity contribution is -0.131. The zero-order chi connectivity index (χ0) is 13.6. The minimum atomic E-state index is -2.91. The van der Waals surface area contributed by atoms with Gasteiger partial charge in [-0.3, -0.25) is 0 Å². The summed E-state index contributed by atoms with van der Waals surface area (Å²) < 4.78 is 21.9. The minimum absolute atomic E-state index is 0.170. The molecule has 0 saturated heterocycles. The van der Waals surface area contributed by atoms with E-state index in [9.17, 15) is 13.2 Å². The summed E-state index contributed by atoms with van der Waals surface area (Å²) >= 11 is 3.08. The van der Waals surface area contributed by atoms with E-state index in [1.807, 2.05) is 11.4 Å². The molecule has 0 aliphatic heterocycles. The summed E-state index contributed by atoms with van der Waals surface area (Å²) in [4.78, 5) is 11.5. The third-order valence-corrected chi connectivity index (χ3v) is 5.33. The summed E-state index contributed by atoms with van der Waals surface area (Å²) in [6.07, 6.45) is 3.89. The summed E-state index contributed by atoms with van der Waals surface area (Å²) in [5, 5.41) is 10.4. The van der Waals surface area contributed by atoms with Crippen LogP contribution in [0.15, 0.2) is 17.5 Å². The molecular weight excluding hydrogens is 292 g/mol. The highest BCUT2D eigenvalue weighted by atomic mass is 32.2. The Labute approximate surface area is 115 Å². The average Bonchev–Trinajstić information content (AvgIpc) is 2.67. The first-order chi connectivity index (χ1) is 8.38. The van der Waals surface area contributed by atoms with Crippen molar-refractivity contribution >= 4 is 45.0 Å². The van der Waals surface area contributed by atoms with E-state index in [1.54, 1.807) is 17.4 Å². The molecule has 0 aliphatic carbocycles. The van der Waals surface area contributed by atoms with Crippen molar-refractivity contribution in [2.24, 2.45) is 0 Å². The molecule has 18 heavy (non-hydrogen) atoms. The van der Waals surface area contributed by atoms with E-state index in [1.165, 1.54) is 18.0 Å². The lowest BCUT2D eigenvalue weighted by Crippen LogP contribution is -2.05. The van der Waals surface area contributed by atoms with Crippen LogP contribution < -0.4 is 0 Å². The van der Waals surface area contributed by atoms with Crippen LogP contribution in [0.25, 0.3) is 6.08 Å². The van der Waals surface area contributed by atoms with Crippen LogP contribution in [0.5, 0.6) is 0 Å². The molecule has 1 rings (SSSR count). The van der Waals surface area contributed by atoms with Crippen molar-refractivity contribution in [1.82, 2.24) is 0 Å². The fourth-order valence-corrected chi connectivity index (χ4v) is 4.50. The van der Waals surface area contributed by atoms with Gasteiger partial charge in [-0.25, -0.2) is 13.2 Å². The number of sulfone groups is 1.